The third-order valence-corrected chi connectivity index (χ3v) is 6.46. The number of piperidine rings is 1. The summed E-state index contributed by atoms with van der Waals surface area (Å²) in [6.45, 7) is 0.398. The van der Waals surface area contributed by atoms with Crippen LogP contribution in [0.4, 0.5) is 10.2 Å². The van der Waals surface area contributed by atoms with Gasteiger partial charge in [-0.25, -0.2) is 9.37 Å². The first-order valence-electron chi connectivity index (χ1n) is 11.2. The van der Waals surface area contributed by atoms with E-state index in [1.54, 1.807) is 41.6 Å². The van der Waals surface area contributed by atoms with Crippen LogP contribution in [-0.2, 0) is 4.79 Å². The fraction of sp³-hybridized carbons (Fsp3) is 0.240. The molecule has 0 aliphatic carbocycles. The van der Waals surface area contributed by atoms with Crippen LogP contribution in [0.15, 0.2) is 48.8 Å². The van der Waals surface area contributed by atoms with Crippen molar-refractivity contribution in [2.24, 2.45) is 0 Å². The highest BCUT2D eigenvalue weighted by Gasteiger charge is 2.28. The predicted octanol–water partition coefficient (Wildman–Crippen LogP) is 2.69. The zero-order valence-electron chi connectivity index (χ0n) is 18.8. The van der Waals surface area contributed by atoms with E-state index >= 15 is 0 Å². The molecule has 3 N–H and O–H groups in total. The fourth-order valence-corrected chi connectivity index (χ4v) is 4.56. The van der Waals surface area contributed by atoms with Crippen LogP contribution < -0.4 is 5.73 Å². The molecule has 1 aliphatic rings. The number of carbonyl (C=O) groups is 2. The van der Waals surface area contributed by atoms with Gasteiger partial charge in [0.15, 0.2) is 11.9 Å². The summed E-state index contributed by atoms with van der Waals surface area (Å²) in [5.74, 6) is -0.548. The Balaban J connectivity index is 1.52. The Morgan fingerprint density at radius 1 is 1.14 bits per heavy atom. The topological polar surface area (TPSA) is 127 Å². The molecule has 0 bridgehead atoms. The second-order valence-corrected chi connectivity index (χ2v) is 8.43. The van der Waals surface area contributed by atoms with E-state index in [2.05, 4.69) is 10.1 Å². The standard InChI is InChI=1S/C25H23FN6O3/c26-20-4-2-1-3-17(20)21-6-5-16(11-28-21)18-12-29-32-24(27)19(13-33)23(30-25(18)32)15-7-9-31(10-8-15)22(35)14-34/h1-6,11-13,15,34H,7-10,14,27H2. The number of pyridine rings is 1. The Hall–Kier alpha value is -4.18. The Morgan fingerprint density at radius 2 is 1.91 bits per heavy atom. The van der Waals surface area contributed by atoms with Crippen molar-refractivity contribution in [3.63, 3.8) is 0 Å². The summed E-state index contributed by atoms with van der Waals surface area (Å²) in [6, 6.07) is 9.98. The smallest absolute Gasteiger partial charge is 0.248 e. The number of amides is 1. The molecule has 1 amide bonds. The van der Waals surface area contributed by atoms with Gasteiger partial charge in [0, 0.05) is 41.9 Å². The van der Waals surface area contributed by atoms with Crippen LogP contribution in [0.3, 0.4) is 0 Å². The van der Waals surface area contributed by atoms with Crippen molar-refractivity contribution in [3.05, 3.63) is 65.9 Å². The number of aliphatic hydroxyl groups is 1. The van der Waals surface area contributed by atoms with Crippen molar-refractivity contribution in [3.8, 4) is 22.4 Å². The average Bonchev–Trinajstić information content (AvgIpc) is 3.33. The van der Waals surface area contributed by atoms with E-state index in [0.717, 1.165) is 5.56 Å². The van der Waals surface area contributed by atoms with Crippen molar-refractivity contribution in [2.45, 2.75) is 18.8 Å². The summed E-state index contributed by atoms with van der Waals surface area (Å²) in [6.07, 6.45) is 5.12. The van der Waals surface area contributed by atoms with E-state index in [-0.39, 0.29) is 29.0 Å². The van der Waals surface area contributed by atoms with E-state index in [9.17, 15) is 14.0 Å². The molecule has 35 heavy (non-hydrogen) atoms. The predicted molar refractivity (Wildman–Crippen MR) is 127 cm³/mol. The Kier molecular flexibility index (Phi) is 5.96. The molecule has 4 aromatic rings. The summed E-state index contributed by atoms with van der Waals surface area (Å²) in [5, 5.41) is 13.4. The maximum absolute atomic E-state index is 14.1. The molecule has 178 valence electrons. The van der Waals surface area contributed by atoms with Crippen molar-refractivity contribution < 1.29 is 19.1 Å². The Labute approximate surface area is 200 Å². The zero-order valence-corrected chi connectivity index (χ0v) is 18.8. The highest BCUT2D eigenvalue weighted by Crippen LogP contribution is 2.34. The number of aromatic nitrogens is 4. The van der Waals surface area contributed by atoms with Crippen LogP contribution in [0.2, 0.25) is 0 Å². The molecule has 9 nitrogen and oxygen atoms in total. The van der Waals surface area contributed by atoms with E-state index in [1.165, 1.54) is 10.6 Å². The van der Waals surface area contributed by atoms with E-state index < -0.39 is 6.61 Å². The van der Waals surface area contributed by atoms with Gasteiger partial charge in [-0.15, -0.1) is 0 Å². The molecule has 1 aromatic carbocycles. The number of anilines is 1. The van der Waals surface area contributed by atoms with Crippen LogP contribution in [0, 0.1) is 5.82 Å². The first-order valence-corrected chi connectivity index (χ1v) is 11.2. The number of carbonyl (C=O) groups excluding carboxylic acids is 2. The van der Waals surface area contributed by atoms with Gasteiger partial charge in [0.25, 0.3) is 0 Å². The van der Waals surface area contributed by atoms with Gasteiger partial charge in [-0.2, -0.15) is 9.61 Å². The van der Waals surface area contributed by atoms with Gasteiger partial charge in [-0.1, -0.05) is 18.2 Å². The summed E-state index contributed by atoms with van der Waals surface area (Å²) in [4.78, 5) is 34.6. The highest BCUT2D eigenvalue weighted by molar-refractivity contribution is 5.87. The molecular formula is C25H23FN6O3. The molecule has 1 fully saturated rings. The average molecular weight is 474 g/mol. The summed E-state index contributed by atoms with van der Waals surface area (Å²) >= 11 is 0. The van der Waals surface area contributed by atoms with E-state index in [4.69, 9.17) is 15.8 Å². The first kappa shape index (κ1) is 22.6. The number of nitrogens with two attached hydrogens (primary N) is 1. The molecule has 1 saturated heterocycles. The van der Waals surface area contributed by atoms with Gasteiger partial charge < -0.3 is 15.7 Å². The summed E-state index contributed by atoms with van der Waals surface area (Å²) < 4.78 is 15.6. The molecule has 5 rings (SSSR count). The van der Waals surface area contributed by atoms with Crippen molar-refractivity contribution >= 4 is 23.7 Å². The van der Waals surface area contributed by atoms with E-state index in [0.29, 0.717) is 60.4 Å². The van der Waals surface area contributed by atoms with Gasteiger partial charge in [0.1, 0.15) is 18.2 Å². The number of aliphatic hydroxyl groups excluding tert-OH is 1. The van der Waals surface area contributed by atoms with Crippen LogP contribution in [0.25, 0.3) is 28.0 Å². The van der Waals surface area contributed by atoms with Gasteiger partial charge in [0.2, 0.25) is 5.91 Å². The minimum atomic E-state index is -0.523. The molecule has 0 spiro atoms. The summed E-state index contributed by atoms with van der Waals surface area (Å²) in [5.41, 5.74) is 9.96. The maximum Gasteiger partial charge on any atom is 0.248 e. The lowest BCUT2D eigenvalue weighted by molar-refractivity contribution is -0.135. The quantitative estimate of drug-likeness (QED) is 0.426. The SMILES string of the molecule is Nc1c(C=O)c(C2CCN(C(=O)CO)CC2)nc2c(-c3ccc(-c4ccccc4F)nc3)cnn12. The number of likely N-dealkylation sites (tertiary alicyclic amines) is 1. The molecule has 3 aromatic heterocycles. The first-order chi connectivity index (χ1) is 17.0. The molecule has 4 heterocycles. The largest absolute Gasteiger partial charge is 0.387 e. The maximum atomic E-state index is 14.1. The number of nitrogens with zero attached hydrogens (tertiary/aromatic N) is 5. The molecule has 0 atom stereocenters. The lowest BCUT2D eigenvalue weighted by atomic mass is 9.90. The minimum absolute atomic E-state index is 0.0745. The van der Waals surface area contributed by atoms with Crippen molar-refractivity contribution in [1.29, 1.82) is 0 Å². The van der Waals surface area contributed by atoms with Crippen LogP contribution in [0.5, 0.6) is 0 Å². The van der Waals surface area contributed by atoms with Crippen molar-refractivity contribution in [1.82, 2.24) is 24.5 Å². The number of fused-ring (bicyclic) bond motifs is 1. The lowest BCUT2D eigenvalue weighted by Crippen LogP contribution is -2.39. The monoisotopic (exact) mass is 474 g/mol. The molecule has 1 aliphatic heterocycles. The second kappa shape index (κ2) is 9.22. The van der Waals surface area contributed by atoms with Crippen LogP contribution >= 0.6 is 0 Å². The zero-order chi connectivity index (χ0) is 24.5. The van der Waals surface area contributed by atoms with Crippen LogP contribution in [-0.4, -0.2) is 61.5 Å². The van der Waals surface area contributed by atoms with E-state index in [1.807, 2.05) is 6.07 Å². The number of nitrogen functional groups attached to an aromatic ring is 1. The Morgan fingerprint density at radius 3 is 2.57 bits per heavy atom. The van der Waals surface area contributed by atoms with Gasteiger partial charge in [-0.3, -0.25) is 14.6 Å². The number of halogens is 1. The molecule has 0 saturated carbocycles. The number of benzene rings is 1. The van der Waals surface area contributed by atoms with Gasteiger partial charge >= 0.3 is 0 Å². The Bertz CT molecular complexity index is 1410. The normalized spacial score (nSPS) is 14.4. The fourth-order valence-electron chi connectivity index (χ4n) is 4.56. The van der Waals surface area contributed by atoms with Gasteiger partial charge in [-0.05, 0) is 31.0 Å². The summed E-state index contributed by atoms with van der Waals surface area (Å²) in [7, 11) is 0. The van der Waals surface area contributed by atoms with Crippen LogP contribution in [0.1, 0.15) is 34.8 Å². The lowest BCUT2D eigenvalue weighted by Gasteiger charge is -2.32. The van der Waals surface area contributed by atoms with Crippen molar-refractivity contribution in [2.75, 3.05) is 25.4 Å². The molecule has 0 unspecified atom stereocenters. The minimum Gasteiger partial charge on any atom is -0.387 e. The highest BCUT2D eigenvalue weighted by atomic mass is 19.1. The third kappa shape index (κ3) is 4.01. The second-order valence-electron chi connectivity index (χ2n) is 8.43. The molecule has 0 radical (unpaired) electrons. The third-order valence-electron chi connectivity index (χ3n) is 6.46. The van der Waals surface area contributed by atoms with Gasteiger partial charge in [0.05, 0.1) is 23.1 Å². The molecule has 10 heteroatoms. The number of hydrogen-bond donors (Lipinski definition) is 2. The number of hydrogen-bond acceptors (Lipinski definition) is 7. The number of rotatable bonds is 5. The molecular weight excluding hydrogens is 451 g/mol. The number of aldehydes is 1.